The SMILES string of the molecule is COc1ccc(C(=O)C2CCCCC2)cc1NC(C)=O. The van der Waals surface area contributed by atoms with Crippen molar-refractivity contribution in [1.82, 2.24) is 0 Å². The van der Waals surface area contributed by atoms with Gasteiger partial charge >= 0.3 is 0 Å². The lowest BCUT2D eigenvalue weighted by Gasteiger charge is -2.20. The first-order valence-corrected chi connectivity index (χ1v) is 7.11. The Kier molecular flexibility index (Phi) is 4.77. The van der Waals surface area contributed by atoms with Crippen molar-refractivity contribution in [3.05, 3.63) is 23.8 Å². The standard InChI is InChI=1S/C16H21NO3/c1-11(18)17-14-10-13(8-9-15(14)20-2)16(19)12-6-4-3-5-7-12/h8-10,12H,3-7H2,1-2H3,(H,17,18). The van der Waals surface area contributed by atoms with E-state index in [1.165, 1.54) is 13.3 Å². The average Bonchev–Trinajstić information content (AvgIpc) is 2.46. The molecule has 0 unspecified atom stereocenters. The molecule has 1 aromatic carbocycles. The molecule has 0 radical (unpaired) electrons. The van der Waals surface area contributed by atoms with E-state index in [1.807, 2.05) is 0 Å². The number of hydrogen-bond acceptors (Lipinski definition) is 3. The Morgan fingerprint density at radius 3 is 2.50 bits per heavy atom. The minimum absolute atomic E-state index is 0.127. The molecule has 0 aliphatic heterocycles. The molecule has 1 amide bonds. The normalized spacial score (nSPS) is 15.7. The summed E-state index contributed by atoms with van der Waals surface area (Å²) in [7, 11) is 1.54. The van der Waals surface area contributed by atoms with Crippen LogP contribution in [0.5, 0.6) is 5.75 Å². The zero-order chi connectivity index (χ0) is 14.5. The zero-order valence-electron chi connectivity index (χ0n) is 12.1. The van der Waals surface area contributed by atoms with Crippen molar-refractivity contribution in [1.29, 1.82) is 0 Å². The number of Topliss-reactive ketones (excluding diaryl/α,β-unsaturated/α-hetero) is 1. The van der Waals surface area contributed by atoms with E-state index in [0.29, 0.717) is 17.0 Å². The quantitative estimate of drug-likeness (QED) is 0.857. The number of rotatable bonds is 4. The highest BCUT2D eigenvalue weighted by molar-refractivity contribution is 6.00. The van der Waals surface area contributed by atoms with E-state index in [2.05, 4.69) is 5.32 Å². The molecule has 108 valence electrons. The van der Waals surface area contributed by atoms with Crippen LogP contribution in [-0.4, -0.2) is 18.8 Å². The summed E-state index contributed by atoms with van der Waals surface area (Å²) in [5.74, 6) is 0.701. The van der Waals surface area contributed by atoms with Gasteiger partial charge in [0.25, 0.3) is 0 Å². The van der Waals surface area contributed by atoms with Crippen molar-refractivity contribution >= 4 is 17.4 Å². The van der Waals surface area contributed by atoms with Crippen LogP contribution in [0.2, 0.25) is 0 Å². The summed E-state index contributed by atoms with van der Waals surface area (Å²) in [6, 6.07) is 5.24. The molecule has 20 heavy (non-hydrogen) atoms. The Bertz CT molecular complexity index is 504. The van der Waals surface area contributed by atoms with Gasteiger partial charge in [-0.25, -0.2) is 0 Å². The van der Waals surface area contributed by atoms with E-state index in [4.69, 9.17) is 4.74 Å². The number of hydrogen-bond donors (Lipinski definition) is 1. The van der Waals surface area contributed by atoms with Crippen LogP contribution in [0.1, 0.15) is 49.4 Å². The van der Waals surface area contributed by atoms with E-state index >= 15 is 0 Å². The van der Waals surface area contributed by atoms with E-state index in [1.54, 1.807) is 25.3 Å². The molecule has 1 aliphatic carbocycles. The summed E-state index contributed by atoms with van der Waals surface area (Å²) >= 11 is 0. The molecule has 4 heteroatoms. The highest BCUT2D eigenvalue weighted by atomic mass is 16.5. The molecule has 0 atom stereocenters. The molecule has 0 bridgehead atoms. The average molecular weight is 275 g/mol. The van der Waals surface area contributed by atoms with Gasteiger partial charge in [0.2, 0.25) is 5.91 Å². The lowest BCUT2D eigenvalue weighted by molar-refractivity contribution is -0.114. The molecule has 0 aromatic heterocycles. The minimum atomic E-state index is -0.175. The van der Waals surface area contributed by atoms with Crippen LogP contribution in [-0.2, 0) is 4.79 Å². The van der Waals surface area contributed by atoms with Crippen molar-refractivity contribution in [3.63, 3.8) is 0 Å². The molecule has 1 saturated carbocycles. The number of benzene rings is 1. The first kappa shape index (κ1) is 14.6. The van der Waals surface area contributed by atoms with Gasteiger partial charge in [0, 0.05) is 18.4 Å². The number of nitrogens with one attached hydrogen (secondary N) is 1. The Morgan fingerprint density at radius 1 is 1.20 bits per heavy atom. The molecule has 1 N–H and O–H groups in total. The zero-order valence-corrected chi connectivity index (χ0v) is 12.1. The number of carbonyl (C=O) groups excluding carboxylic acids is 2. The number of methoxy groups -OCH3 is 1. The largest absolute Gasteiger partial charge is 0.495 e. The van der Waals surface area contributed by atoms with E-state index in [9.17, 15) is 9.59 Å². The fourth-order valence-corrected chi connectivity index (χ4v) is 2.75. The molecule has 4 nitrogen and oxygen atoms in total. The van der Waals surface area contributed by atoms with Crippen molar-refractivity contribution < 1.29 is 14.3 Å². The fourth-order valence-electron chi connectivity index (χ4n) is 2.75. The number of ketones is 1. The first-order valence-electron chi connectivity index (χ1n) is 7.11. The summed E-state index contributed by atoms with van der Waals surface area (Å²) < 4.78 is 5.20. The maximum Gasteiger partial charge on any atom is 0.221 e. The third kappa shape index (κ3) is 3.38. The Morgan fingerprint density at radius 2 is 1.90 bits per heavy atom. The highest BCUT2D eigenvalue weighted by Crippen LogP contribution is 2.30. The number of ether oxygens (including phenoxy) is 1. The topological polar surface area (TPSA) is 55.4 Å². The fraction of sp³-hybridized carbons (Fsp3) is 0.500. The van der Waals surface area contributed by atoms with Crippen LogP contribution in [0.3, 0.4) is 0 Å². The highest BCUT2D eigenvalue weighted by Gasteiger charge is 2.23. The Labute approximate surface area is 119 Å². The Hall–Kier alpha value is -1.84. The first-order chi connectivity index (χ1) is 9.61. The van der Waals surface area contributed by atoms with Gasteiger partial charge in [0.15, 0.2) is 5.78 Å². The van der Waals surface area contributed by atoms with Gasteiger partial charge in [-0.15, -0.1) is 0 Å². The van der Waals surface area contributed by atoms with Gasteiger partial charge in [-0.05, 0) is 31.0 Å². The minimum Gasteiger partial charge on any atom is -0.495 e. The molecule has 0 saturated heterocycles. The monoisotopic (exact) mass is 275 g/mol. The predicted octanol–water partition coefficient (Wildman–Crippen LogP) is 3.42. The second-order valence-electron chi connectivity index (χ2n) is 5.30. The summed E-state index contributed by atoms with van der Waals surface area (Å²) in [6.07, 6.45) is 5.43. The molecular formula is C16H21NO3. The van der Waals surface area contributed by atoms with Crippen LogP contribution < -0.4 is 10.1 Å². The summed E-state index contributed by atoms with van der Waals surface area (Å²) in [4.78, 5) is 23.7. The van der Waals surface area contributed by atoms with Crippen molar-refractivity contribution in [2.75, 3.05) is 12.4 Å². The van der Waals surface area contributed by atoms with E-state index in [0.717, 1.165) is 25.7 Å². The van der Waals surface area contributed by atoms with Crippen molar-refractivity contribution in [2.45, 2.75) is 39.0 Å². The van der Waals surface area contributed by atoms with Gasteiger partial charge in [-0.3, -0.25) is 9.59 Å². The van der Waals surface area contributed by atoms with Crippen LogP contribution in [0, 0.1) is 5.92 Å². The molecule has 1 fully saturated rings. The van der Waals surface area contributed by atoms with Crippen LogP contribution >= 0.6 is 0 Å². The lowest BCUT2D eigenvalue weighted by Crippen LogP contribution is -2.18. The summed E-state index contributed by atoms with van der Waals surface area (Å²) in [6.45, 7) is 1.44. The van der Waals surface area contributed by atoms with Crippen molar-refractivity contribution in [3.8, 4) is 5.75 Å². The van der Waals surface area contributed by atoms with Crippen molar-refractivity contribution in [2.24, 2.45) is 5.92 Å². The molecule has 2 rings (SSSR count). The second kappa shape index (κ2) is 6.55. The van der Waals surface area contributed by atoms with E-state index in [-0.39, 0.29) is 17.6 Å². The van der Waals surface area contributed by atoms with Gasteiger partial charge in [-0.1, -0.05) is 19.3 Å². The van der Waals surface area contributed by atoms with Crippen LogP contribution in [0.4, 0.5) is 5.69 Å². The lowest BCUT2D eigenvalue weighted by atomic mass is 9.84. The van der Waals surface area contributed by atoms with Crippen LogP contribution in [0.25, 0.3) is 0 Å². The van der Waals surface area contributed by atoms with Gasteiger partial charge in [0.1, 0.15) is 5.75 Å². The third-order valence-corrected chi connectivity index (χ3v) is 3.77. The molecule has 1 aromatic rings. The number of amides is 1. The molecule has 1 aliphatic rings. The Balaban J connectivity index is 2.22. The maximum atomic E-state index is 12.5. The van der Waals surface area contributed by atoms with Gasteiger partial charge < -0.3 is 10.1 Å². The molecule has 0 heterocycles. The van der Waals surface area contributed by atoms with Gasteiger partial charge in [-0.2, -0.15) is 0 Å². The molecular weight excluding hydrogens is 254 g/mol. The summed E-state index contributed by atoms with van der Waals surface area (Å²) in [5.41, 5.74) is 1.21. The van der Waals surface area contributed by atoms with E-state index < -0.39 is 0 Å². The number of carbonyl (C=O) groups is 2. The summed E-state index contributed by atoms with van der Waals surface area (Å²) in [5, 5.41) is 2.71. The smallest absolute Gasteiger partial charge is 0.221 e. The van der Waals surface area contributed by atoms with Crippen LogP contribution in [0.15, 0.2) is 18.2 Å². The third-order valence-electron chi connectivity index (χ3n) is 3.77. The molecule has 0 spiro atoms. The van der Waals surface area contributed by atoms with Gasteiger partial charge in [0.05, 0.1) is 12.8 Å². The maximum absolute atomic E-state index is 12.5. The predicted molar refractivity (Wildman–Crippen MR) is 78.2 cm³/mol. The second-order valence-corrected chi connectivity index (χ2v) is 5.30. The number of anilines is 1.